The molecule has 0 bridgehead atoms. The molecule has 33 heavy (non-hydrogen) atoms. The van der Waals surface area contributed by atoms with Crippen LogP contribution in [0.2, 0.25) is 0 Å². The minimum absolute atomic E-state index is 0.157. The van der Waals surface area contributed by atoms with E-state index in [1.165, 1.54) is 0 Å². The summed E-state index contributed by atoms with van der Waals surface area (Å²) in [7, 11) is 0. The van der Waals surface area contributed by atoms with Gasteiger partial charge in [0.15, 0.2) is 24.1 Å². The van der Waals surface area contributed by atoms with Crippen LogP contribution in [-0.4, -0.2) is 73.2 Å². The maximum atomic E-state index is 12.3. The molecule has 0 unspecified atom stereocenters. The molecule has 180 valence electrons. The molecule has 0 radical (unpaired) electrons. The van der Waals surface area contributed by atoms with Crippen molar-refractivity contribution in [1.82, 2.24) is 4.90 Å². The summed E-state index contributed by atoms with van der Waals surface area (Å²) < 4.78 is 34.5. The van der Waals surface area contributed by atoms with Crippen molar-refractivity contribution in [1.29, 1.82) is 0 Å². The third-order valence-corrected chi connectivity index (χ3v) is 6.75. The number of carbonyl (C=O) groups excluding carboxylic acids is 2. The summed E-state index contributed by atoms with van der Waals surface area (Å²) in [4.78, 5) is 26.2. The predicted octanol–water partition coefficient (Wildman–Crippen LogP) is 2.61. The van der Waals surface area contributed by atoms with Crippen molar-refractivity contribution in [2.24, 2.45) is 5.92 Å². The second-order valence-electron chi connectivity index (χ2n) is 9.72. The van der Waals surface area contributed by atoms with E-state index >= 15 is 0 Å². The lowest BCUT2D eigenvalue weighted by molar-refractivity contribution is -0.287. The summed E-state index contributed by atoms with van der Waals surface area (Å²) in [5, 5.41) is 0. The lowest BCUT2D eigenvalue weighted by Gasteiger charge is -2.43. The summed E-state index contributed by atoms with van der Waals surface area (Å²) in [6.07, 6.45) is -0.105. The van der Waals surface area contributed by atoms with E-state index in [0.29, 0.717) is 19.6 Å². The number of likely N-dealkylation sites (tertiary alicyclic amines) is 1. The van der Waals surface area contributed by atoms with Crippen molar-refractivity contribution >= 4 is 12.1 Å². The van der Waals surface area contributed by atoms with Crippen LogP contribution >= 0.6 is 0 Å². The van der Waals surface area contributed by atoms with E-state index < -0.39 is 36.0 Å². The molecule has 9 nitrogen and oxygen atoms in total. The first-order valence-corrected chi connectivity index (χ1v) is 11.6. The first kappa shape index (κ1) is 22.6. The van der Waals surface area contributed by atoms with Gasteiger partial charge in [0, 0.05) is 6.42 Å². The third kappa shape index (κ3) is 4.87. The minimum Gasteiger partial charge on any atom is -0.461 e. The molecule has 9 heteroatoms. The second kappa shape index (κ2) is 8.87. The van der Waals surface area contributed by atoms with E-state index in [4.69, 9.17) is 28.4 Å². The number of rotatable bonds is 6. The maximum absolute atomic E-state index is 12.3. The Morgan fingerprint density at radius 2 is 1.91 bits per heavy atom. The van der Waals surface area contributed by atoms with E-state index in [1.54, 1.807) is 0 Å². The molecule has 4 heterocycles. The quantitative estimate of drug-likeness (QED) is 0.593. The highest BCUT2D eigenvalue weighted by Gasteiger charge is 2.65. The van der Waals surface area contributed by atoms with Crippen molar-refractivity contribution in [3.05, 3.63) is 35.9 Å². The molecule has 4 atom stereocenters. The van der Waals surface area contributed by atoms with E-state index in [2.05, 4.69) is 4.90 Å². The number of esters is 1. The fraction of sp³-hybridized carbons (Fsp3) is 0.667. The Kier molecular flexibility index (Phi) is 6.07. The molecule has 0 aliphatic carbocycles. The number of ether oxygens (including phenoxy) is 6. The molecule has 0 spiro atoms. The van der Waals surface area contributed by atoms with Gasteiger partial charge in [-0.25, -0.2) is 4.79 Å². The number of nitrogens with zero attached hydrogens (tertiary/aromatic N) is 1. The molecule has 1 aromatic carbocycles. The number of carbonyl (C=O) groups is 2. The highest BCUT2D eigenvalue weighted by Crippen LogP contribution is 2.46. The number of hydrogen-bond acceptors (Lipinski definition) is 9. The van der Waals surface area contributed by atoms with Crippen LogP contribution in [0.1, 0.15) is 38.7 Å². The van der Waals surface area contributed by atoms with Gasteiger partial charge in [0.1, 0.15) is 6.61 Å². The Morgan fingerprint density at radius 3 is 2.67 bits per heavy atom. The zero-order chi connectivity index (χ0) is 23.1. The van der Waals surface area contributed by atoms with Crippen LogP contribution in [0.25, 0.3) is 0 Å². The van der Waals surface area contributed by atoms with Crippen LogP contribution in [-0.2, 0) is 39.8 Å². The van der Waals surface area contributed by atoms with Gasteiger partial charge >= 0.3 is 12.1 Å². The third-order valence-electron chi connectivity index (χ3n) is 6.75. The lowest BCUT2D eigenvalue weighted by Crippen LogP contribution is -2.63. The van der Waals surface area contributed by atoms with Crippen molar-refractivity contribution in [3.63, 3.8) is 0 Å². The summed E-state index contributed by atoms with van der Waals surface area (Å²) in [6, 6.07) is 9.70. The van der Waals surface area contributed by atoms with Crippen LogP contribution < -0.4 is 0 Å². The molecule has 0 N–H and O–H groups in total. The summed E-state index contributed by atoms with van der Waals surface area (Å²) in [6.45, 7) is 6.28. The first-order chi connectivity index (χ1) is 15.8. The molecule has 1 aromatic rings. The van der Waals surface area contributed by atoms with Gasteiger partial charge in [0.25, 0.3) is 0 Å². The van der Waals surface area contributed by atoms with Crippen LogP contribution in [0.3, 0.4) is 0 Å². The van der Waals surface area contributed by atoms with Gasteiger partial charge in [-0.15, -0.1) is 0 Å². The number of benzene rings is 1. The van der Waals surface area contributed by atoms with Gasteiger partial charge in [-0.3, -0.25) is 9.69 Å². The van der Waals surface area contributed by atoms with Crippen molar-refractivity contribution in [2.45, 2.75) is 69.6 Å². The normalized spacial score (nSPS) is 33.6. The van der Waals surface area contributed by atoms with Crippen molar-refractivity contribution in [3.8, 4) is 0 Å². The zero-order valence-corrected chi connectivity index (χ0v) is 19.1. The Hall–Kier alpha value is -2.20. The molecule has 4 aliphatic heterocycles. The van der Waals surface area contributed by atoms with Crippen LogP contribution in [0.15, 0.2) is 30.3 Å². The molecular weight excluding hydrogens is 430 g/mol. The second-order valence-corrected chi connectivity index (χ2v) is 9.72. The average Bonchev–Trinajstić information content (AvgIpc) is 3.29. The van der Waals surface area contributed by atoms with E-state index in [0.717, 1.165) is 31.5 Å². The lowest BCUT2D eigenvalue weighted by atomic mass is 9.91. The monoisotopic (exact) mass is 461 g/mol. The van der Waals surface area contributed by atoms with Gasteiger partial charge in [-0.2, -0.15) is 0 Å². The SMILES string of the molecule is CC1(C)O[C@H]2[C@@H]3OC(=O)O[C@@H]3CO[C@@]2(CN2CCC(CC(=O)OCc3ccccc3)CC2)O1. The molecule has 0 amide bonds. The zero-order valence-electron chi connectivity index (χ0n) is 19.1. The van der Waals surface area contributed by atoms with E-state index in [1.807, 2.05) is 44.2 Å². The van der Waals surface area contributed by atoms with Gasteiger partial charge in [-0.05, 0) is 51.3 Å². The maximum Gasteiger partial charge on any atom is 0.509 e. The Labute approximate surface area is 193 Å². The van der Waals surface area contributed by atoms with Crippen molar-refractivity contribution in [2.75, 3.05) is 26.2 Å². The Morgan fingerprint density at radius 1 is 1.15 bits per heavy atom. The minimum atomic E-state index is -1.03. The number of piperidine rings is 1. The fourth-order valence-electron chi connectivity index (χ4n) is 5.20. The average molecular weight is 462 g/mol. The van der Waals surface area contributed by atoms with Crippen LogP contribution in [0.4, 0.5) is 4.79 Å². The van der Waals surface area contributed by atoms with E-state index in [9.17, 15) is 9.59 Å². The Bertz CT molecular complexity index is 868. The smallest absolute Gasteiger partial charge is 0.461 e. The largest absolute Gasteiger partial charge is 0.509 e. The fourth-order valence-corrected chi connectivity index (χ4v) is 5.20. The van der Waals surface area contributed by atoms with Crippen LogP contribution in [0.5, 0.6) is 0 Å². The summed E-state index contributed by atoms with van der Waals surface area (Å²) >= 11 is 0. The molecule has 5 rings (SSSR count). The van der Waals surface area contributed by atoms with Gasteiger partial charge in [-0.1, -0.05) is 30.3 Å². The summed E-state index contributed by atoms with van der Waals surface area (Å²) in [5.74, 6) is -1.76. The van der Waals surface area contributed by atoms with Gasteiger partial charge in [0.05, 0.1) is 13.2 Å². The Balaban J connectivity index is 1.13. The highest BCUT2D eigenvalue weighted by molar-refractivity contribution is 5.69. The topological polar surface area (TPSA) is 92.8 Å². The molecule has 0 saturated carbocycles. The molecule has 4 fully saturated rings. The van der Waals surface area contributed by atoms with Gasteiger partial charge < -0.3 is 28.4 Å². The standard InChI is InChI=1S/C24H31NO8/c1-23(2)32-21-20-18(30-22(27)31-20)14-29-24(21,33-23)15-25-10-8-16(9-11-25)12-19(26)28-13-17-6-4-3-5-7-17/h3-7,16,18,20-21H,8-15H2,1-2H3/t18-,20-,21+,24+/m1/s1. The number of fused-ring (bicyclic) bond motifs is 3. The van der Waals surface area contributed by atoms with Crippen LogP contribution in [0, 0.1) is 5.92 Å². The number of hydrogen-bond donors (Lipinski definition) is 0. The van der Waals surface area contributed by atoms with Crippen molar-refractivity contribution < 1.29 is 38.0 Å². The van der Waals surface area contributed by atoms with Gasteiger partial charge in [0.2, 0.25) is 5.79 Å². The molecule has 0 aromatic heterocycles. The van der Waals surface area contributed by atoms with E-state index in [-0.39, 0.29) is 18.5 Å². The highest BCUT2D eigenvalue weighted by atomic mass is 16.9. The summed E-state index contributed by atoms with van der Waals surface area (Å²) in [5.41, 5.74) is 0.990. The predicted molar refractivity (Wildman–Crippen MR) is 114 cm³/mol. The first-order valence-electron chi connectivity index (χ1n) is 11.6. The molecule has 4 aliphatic rings. The molecular formula is C24H31NO8. The molecule has 4 saturated heterocycles.